The smallest absolute Gasteiger partial charge is 0.326 e. The highest BCUT2D eigenvalue weighted by molar-refractivity contribution is 7.99. The molecule has 2 atom stereocenters. The van der Waals surface area contributed by atoms with Crippen LogP contribution in [0.4, 0.5) is 0 Å². The molecule has 1 aliphatic rings. The van der Waals surface area contributed by atoms with Gasteiger partial charge in [-0.1, -0.05) is 11.8 Å². The number of carbonyl (C=O) groups is 1. The van der Waals surface area contributed by atoms with E-state index < -0.39 is 5.54 Å². The van der Waals surface area contributed by atoms with E-state index in [9.17, 15) is 4.79 Å². The number of hydrogen-bond acceptors (Lipinski definition) is 6. The molecule has 1 heterocycles. The highest BCUT2D eigenvalue weighted by atomic mass is 32.2. The van der Waals surface area contributed by atoms with Crippen molar-refractivity contribution in [3.05, 3.63) is 6.33 Å². The Morgan fingerprint density at radius 3 is 3.10 bits per heavy atom. The van der Waals surface area contributed by atoms with Gasteiger partial charge in [-0.3, -0.25) is 4.79 Å². The molecule has 2 unspecified atom stereocenters. The molecule has 0 bridgehead atoms. The Morgan fingerprint density at radius 2 is 2.50 bits per heavy atom. The summed E-state index contributed by atoms with van der Waals surface area (Å²) in [4.78, 5) is 16.5. The highest BCUT2D eigenvalue weighted by Crippen LogP contribution is 2.38. The van der Waals surface area contributed by atoms with Gasteiger partial charge in [0.1, 0.15) is 11.9 Å². The Balaban J connectivity index is 2.06. The van der Waals surface area contributed by atoms with Crippen LogP contribution in [0.2, 0.25) is 0 Å². The fraction of sp³-hybridized carbons (Fsp3) is 0.769. The van der Waals surface area contributed by atoms with Gasteiger partial charge in [-0.2, -0.15) is 5.10 Å². The Kier molecular flexibility index (Phi) is 5.04. The van der Waals surface area contributed by atoms with E-state index >= 15 is 0 Å². The number of nitrogens with zero attached hydrogens (tertiary/aromatic N) is 3. The summed E-state index contributed by atoms with van der Waals surface area (Å²) in [6.45, 7) is 2.26. The number of ether oxygens (including phenoxy) is 1. The van der Waals surface area contributed by atoms with Crippen LogP contribution in [0, 0.1) is 0 Å². The fourth-order valence-corrected chi connectivity index (χ4v) is 3.91. The van der Waals surface area contributed by atoms with Crippen LogP contribution < -0.4 is 5.32 Å². The number of hydrogen-bond donors (Lipinski definition) is 1. The zero-order chi connectivity index (χ0) is 14.6. The Bertz CT molecular complexity index is 465. The Hall–Kier alpha value is -1.08. The molecule has 0 radical (unpaired) electrons. The molecule has 1 aliphatic carbocycles. The van der Waals surface area contributed by atoms with Crippen LogP contribution in [0.1, 0.15) is 32.6 Å². The number of aromatic nitrogens is 3. The topological polar surface area (TPSA) is 69.0 Å². The zero-order valence-electron chi connectivity index (χ0n) is 12.3. The van der Waals surface area contributed by atoms with Crippen LogP contribution >= 0.6 is 11.8 Å². The van der Waals surface area contributed by atoms with E-state index in [4.69, 9.17) is 4.74 Å². The summed E-state index contributed by atoms with van der Waals surface area (Å²) in [5.41, 5.74) is -0.551. The number of likely N-dealkylation sites (N-methyl/N-ethyl adjacent to an activating group) is 1. The summed E-state index contributed by atoms with van der Waals surface area (Å²) in [7, 11) is 3.72. The first-order valence-electron chi connectivity index (χ1n) is 6.98. The number of nitrogens with one attached hydrogen (secondary N) is 1. The summed E-state index contributed by atoms with van der Waals surface area (Å²) < 4.78 is 7.01. The van der Waals surface area contributed by atoms with Gasteiger partial charge in [-0.05, 0) is 39.7 Å². The number of thioether (sulfide) groups is 1. The number of carbonyl (C=O) groups excluding carboxylic acids is 1. The normalized spacial score (nSPS) is 26.4. The van der Waals surface area contributed by atoms with Crippen molar-refractivity contribution in [1.29, 1.82) is 0 Å². The number of rotatable bonds is 5. The first-order valence-corrected chi connectivity index (χ1v) is 7.86. The van der Waals surface area contributed by atoms with Crippen molar-refractivity contribution in [2.24, 2.45) is 7.05 Å². The molecule has 1 N–H and O–H groups in total. The maximum Gasteiger partial charge on any atom is 0.326 e. The molecule has 6 nitrogen and oxygen atoms in total. The third-order valence-corrected chi connectivity index (χ3v) is 5.11. The number of esters is 1. The van der Waals surface area contributed by atoms with E-state index in [2.05, 4.69) is 15.4 Å². The van der Waals surface area contributed by atoms with Gasteiger partial charge in [0.05, 0.1) is 6.61 Å². The molecule has 112 valence electrons. The maximum absolute atomic E-state index is 12.2. The third kappa shape index (κ3) is 3.15. The number of aryl methyl sites for hydroxylation is 1. The van der Waals surface area contributed by atoms with Crippen molar-refractivity contribution in [3.8, 4) is 0 Å². The van der Waals surface area contributed by atoms with Crippen molar-refractivity contribution in [3.63, 3.8) is 0 Å². The van der Waals surface area contributed by atoms with Crippen LogP contribution in [0.5, 0.6) is 0 Å². The molecular formula is C13H22N4O2S. The minimum Gasteiger partial charge on any atom is -0.465 e. The lowest BCUT2D eigenvalue weighted by Gasteiger charge is -2.38. The molecule has 0 aliphatic heterocycles. The monoisotopic (exact) mass is 298 g/mol. The minimum atomic E-state index is -0.551. The summed E-state index contributed by atoms with van der Waals surface area (Å²) in [5.74, 6) is -0.134. The third-order valence-electron chi connectivity index (χ3n) is 3.79. The van der Waals surface area contributed by atoms with Gasteiger partial charge in [-0.25, -0.2) is 9.67 Å². The molecule has 0 saturated heterocycles. The van der Waals surface area contributed by atoms with E-state index in [-0.39, 0.29) is 5.97 Å². The van der Waals surface area contributed by atoms with Gasteiger partial charge in [-0.15, -0.1) is 0 Å². The molecular weight excluding hydrogens is 276 g/mol. The molecule has 1 saturated carbocycles. The molecule has 20 heavy (non-hydrogen) atoms. The van der Waals surface area contributed by atoms with Crippen molar-refractivity contribution < 1.29 is 9.53 Å². The van der Waals surface area contributed by atoms with E-state index in [1.165, 1.54) is 0 Å². The lowest BCUT2D eigenvalue weighted by molar-refractivity contribution is -0.152. The maximum atomic E-state index is 12.2. The molecule has 7 heteroatoms. The molecule has 1 fully saturated rings. The predicted octanol–water partition coefficient (Wildman–Crippen LogP) is 1.37. The average Bonchev–Trinajstić information content (AvgIpc) is 2.84. The second-order valence-corrected chi connectivity index (χ2v) is 6.32. The molecule has 1 aromatic rings. The van der Waals surface area contributed by atoms with Crippen molar-refractivity contribution in [2.45, 2.75) is 48.6 Å². The van der Waals surface area contributed by atoms with Gasteiger partial charge in [0.2, 0.25) is 0 Å². The van der Waals surface area contributed by atoms with Crippen LogP contribution in [-0.2, 0) is 16.6 Å². The van der Waals surface area contributed by atoms with E-state index in [0.717, 1.165) is 30.8 Å². The minimum absolute atomic E-state index is 0.134. The zero-order valence-corrected chi connectivity index (χ0v) is 13.1. The van der Waals surface area contributed by atoms with E-state index in [0.29, 0.717) is 11.9 Å². The quantitative estimate of drug-likeness (QED) is 0.828. The van der Waals surface area contributed by atoms with Crippen molar-refractivity contribution >= 4 is 17.7 Å². The summed E-state index contributed by atoms with van der Waals surface area (Å²) >= 11 is 1.69. The van der Waals surface area contributed by atoms with Crippen molar-refractivity contribution in [1.82, 2.24) is 20.1 Å². The molecule has 0 aromatic carbocycles. The van der Waals surface area contributed by atoms with Gasteiger partial charge < -0.3 is 10.1 Å². The van der Waals surface area contributed by atoms with Crippen LogP contribution in [0.25, 0.3) is 0 Å². The second-order valence-electron chi connectivity index (χ2n) is 5.06. The Morgan fingerprint density at radius 1 is 1.70 bits per heavy atom. The summed E-state index contributed by atoms with van der Waals surface area (Å²) in [5, 5.41) is 8.52. The standard InChI is InChI=1S/C13H22N4O2S/c1-4-19-11(18)13(14-2)7-5-6-10(8-13)20-12-15-9-16-17(12)3/h9-10,14H,4-8H2,1-3H3. The highest BCUT2D eigenvalue weighted by Gasteiger charge is 2.43. The fourth-order valence-electron chi connectivity index (χ4n) is 2.65. The van der Waals surface area contributed by atoms with Crippen LogP contribution in [0.3, 0.4) is 0 Å². The average molecular weight is 298 g/mol. The van der Waals surface area contributed by atoms with Crippen LogP contribution in [0.15, 0.2) is 11.5 Å². The first kappa shape index (κ1) is 15.3. The lowest BCUT2D eigenvalue weighted by atomic mass is 9.81. The first-order chi connectivity index (χ1) is 9.61. The molecule has 1 aromatic heterocycles. The van der Waals surface area contributed by atoms with E-state index in [1.54, 1.807) is 22.8 Å². The van der Waals surface area contributed by atoms with Crippen molar-refractivity contribution in [2.75, 3.05) is 13.7 Å². The van der Waals surface area contributed by atoms with Gasteiger partial charge >= 0.3 is 5.97 Å². The molecule has 0 spiro atoms. The second kappa shape index (κ2) is 6.58. The molecule has 0 amide bonds. The molecule has 2 rings (SSSR count). The van der Waals surface area contributed by atoms with E-state index in [1.807, 2.05) is 21.0 Å². The van der Waals surface area contributed by atoms with Crippen LogP contribution in [-0.4, -0.2) is 45.2 Å². The lowest BCUT2D eigenvalue weighted by Crippen LogP contribution is -2.54. The van der Waals surface area contributed by atoms with Gasteiger partial charge in [0, 0.05) is 12.3 Å². The Labute approximate surface area is 123 Å². The SMILES string of the molecule is CCOC(=O)C1(NC)CCCC(Sc2ncnn2C)C1. The summed E-state index contributed by atoms with van der Waals surface area (Å²) in [6.07, 6.45) is 5.25. The largest absolute Gasteiger partial charge is 0.465 e. The summed E-state index contributed by atoms with van der Waals surface area (Å²) in [6, 6.07) is 0. The van der Waals surface area contributed by atoms with Gasteiger partial charge in [0.25, 0.3) is 0 Å². The van der Waals surface area contributed by atoms with Gasteiger partial charge in [0.15, 0.2) is 5.16 Å². The predicted molar refractivity (Wildman–Crippen MR) is 77.5 cm³/mol.